The number of aromatic nitrogens is 4. The van der Waals surface area contributed by atoms with Crippen LogP contribution < -0.4 is 0 Å². The quantitative estimate of drug-likeness (QED) is 0.829. The fourth-order valence-electron chi connectivity index (χ4n) is 3.06. The van der Waals surface area contributed by atoms with Crippen molar-refractivity contribution in [2.45, 2.75) is 25.9 Å². The van der Waals surface area contributed by atoms with Gasteiger partial charge in [-0.1, -0.05) is 0 Å². The van der Waals surface area contributed by atoms with E-state index in [1.54, 1.807) is 23.5 Å². The molecule has 0 bridgehead atoms. The van der Waals surface area contributed by atoms with Crippen molar-refractivity contribution in [3.8, 4) is 0 Å². The normalized spacial score (nSPS) is 20.5. The minimum atomic E-state index is -0.105. The number of hydrogen-bond donors (Lipinski definition) is 0. The van der Waals surface area contributed by atoms with Gasteiger partial charge in [0, 0.05) is 50.4 Å². The van der Waals surface area contributed by atoms with Crippen LogP contribution >= 0.6 is 0 Å². The molecule has 1 fully saturated rings. The molecule has 7 heteroatoms. The van der Waals surface area contributed by atoms with Gasteiger partial charge in [-0.3, -0.25) is 9.78 Å². The van der Waals surface area contributed by atoms with Crippen LogP contribution in [0.25, 0.3) is 0 Å². The van der Waals surface area contributed by atoms with Gasteiger partial charge < -0.3 is 14.2 Å². The molecular weight excluding hydrogens is 306 g/mol. The molecule has 0 spiro atoms. The van der Waals surface area contributed by atoms with Gasteiger partial charge >= 0.3 is 0 Å². The van der Waals surface area contributed by atoms with Crippen molar-refractivity contribution < 1.29 is 9.53 Å². The van der Waals surface area contributed by atoms with E-state index in [9.17, 15) is 4.79 Å². The maximum atomic E-state index is 12.8. The van der Waals surface area contributed by atoms with Crippen LogP contribution in [0.1, 0.15) is 29.2 Å². The van der Waals surface area contributed by atoms with E-state index in [1.807, 2.05) is 6.20 Å². The first-order valence-electron chi connectivity index (χ1n) is 8.42. The molecule has 126 valence electrons. The van der Waals surface area contributed by atoms with Crippen LogP contribution in [0.15, 0.2) is 31.0 Å². The summed E-state index contributed by atoms with van der Waals surface area (Å²) < 4.78 is 8.00. The number of rotatable bonds is 5. The average Bonchev–Trinajstić information content (AvgIpc) is 3.37. The van der Waals surface area contributed by atoms with Gasteiger partial charge in [-0.2, -0.15) is 0 Å². The van der Waals surface area contributed by atoms with Crippen molar-refractivity contribution in [1.29, 1.82) is 0 Å². The van der Waals surface area contributed by atoms with Crippen molar-refractivity contribution in [3.63, 3.8) is 0 Å². The lowest BCUT2D eigenvalue weighted by Gasteiger charge is -2.23. The van der Waals surface area contributed by atoms with E-state index in [1.165, 1.54) is 19.0 Å². The second-order valence-corrected chi connectivity index (χ2v) is 6.62. The van der Waals surface area contributed by atoms with E-state index in [2.05, 4.69) is 19.5 Å². The topological polar surface area (TPSA) is 73.1 Å². The molecule has 0 unspecified atom stereocenters. The number of ether oxygens (including phenoxy) is 1. The Labute approximate surface area is 140 Å². The first-order chi connectivity index (χ1) is 11.8. The van der Waals surface area contributed by atoms with Crippen molar-refractivity contribution in [3.05, 3.63) is 42.5 Å². The van der Waals surface area contributed by atoms with Gasteiger partial charge in [0.25, 0.3) is 5.91 Å². The Bertz CT molecular complexity index is 698. The van der Waals surface area contributed by atoms with Crippen LogP contribution in [-0.2, 0) is 17.8 Å². The van der Waals surface area contributed by atoms with Gasteiger partial charge in [-0.05, 0) is 18.8 Å². The zero-order valence-corrected chi connectivity index (χ0v) is 13.5. The molecule has 2 aromatic heterocycles. The van der Waals surface area contributed by atoms with Gasteiger partial charge in [-0.15, -0.1) is 0 Å². The van der Waals surface area contributed by atoms with Crippen molar-refractivity contribution in [2.24, 2.45) is 11.8 Å². The number of carbonyl (C=O) groups is 1. The molecule has 2 aliphatic rings. The number of carbonyl (C=O) groups excluding carboxylic acids is 1. The zero-order chi connectivity index (χ0) is 16.4. The van der Waals surface area contributed by atoms with Crippen molar-refractivity contribution in [2.75, 3.05) is 19.8 Å². The van der Waals surface area contributed by atoms with E-state index in [4.69, 9.17) is 4.74 Å². The third kappa shape index (κ3) is 3.46. The van der Waals surface area contributed by atoms with Gasteiger partial charge in [-0.25, -0.2) is 9.97 Å². The van der Waals surface area contributed by atoms with Crippen molar-refractivity contribution >= 4 is 5.91 Å². The first-order valence-corrected chi connectivity index (χ1v) is 8.42. The highest BCUT2D eigenvalue weighted by atomic mass is 16.5. The third-order valence-corrected chi connectivity index (χ3v) is 4.54. The van der Waals surface area contributed by atoms with Gasteiger partial charge in [0.15, 0.2) is 0 Å². The Hall–Kier alpha value is -2.28. The Morgan fingerprint density at radius 1 is 1.12 bits per heavy atom. The van der Waals surface area contributed by atoms with E-state index in [0.717, 1.165) is 24.9 Å². The van der Waals surface area contributed by atoms with Crippen LogP contribution in [-0.4, -0.2) is 50.1 Å². The Morgan fingerprint density at radius 2 is 2.00 bits per heavy atom. The Kier molecular flexibility index (Phi) is 4.25. The summed E-state index contributed by atoms with van der Waals surface area (Å²) in [4.78, 5) is 27.1. The molecular formula is C17H21N5O2. The number of nitrogens with zero attached hydrogens (tertiary/aromatic N) is 5. The second-order valence-electron chi connectivity index (χ2n) is 6.62. The van der Waals surface area contributed by atoms with Gasteiger partial charge in [0.2, 0.25) is 0 Å². The van der Waals surface area contributed by atoms with Crippen molar-refractivity contribution in [1.82, 2.24) is 24.4 Å². The molecule has 1 amide bonds. The molecule has 7 nitrogen and oxygen atoms in total. The average molecular weight is 327 g/mol. The number of hydrogen-bond acceptors (Lipinski definition) is 5. The summed E-state index contributed by atoms with van der Waals surface area (Å²) in [6.07, 6.45) is 11.0. The summed E-state index contributed by atoms with van der Waals surface area (Å²) in [6.45, 7) is 3.46. The van der Waals surface area contributed by atoms with E-state index in [0.29, 0.717) is 25.4 Å². The second kappa shape index (κ2) is 6.68. The number of imidazole rings is 1. The largest absolute Gasteiger partial charge is 0.381 e. The molecule has 1 aliphatic heterocycles. The lowest BCUT2D eigenvalue weighted by molar-refractivity contribution is 0.0567. The summed E-state index contributed by atoms with van der Waals surface area (Å²) in [5, 5.41) is 0. The van der Waals surface area contributed by atoms with Gasteiger partial charge in [0.1, 0.15) is 11.5 Å². The summed E-state index contributed by atoms with van der Waals surface area (Å²) in [5.41, 5.74) is 0.371. The lowest BCUT2D eigenvalue weighted by atomic mass is 10.1. The van der Waals surface area contributed by atoms with E-state index < -0.39 is 0 Å². The predicted molar refractivity (Wildman–Crippen MR) is 86.0 cm³/mol. The van der Waals surface area contributed by atoms with E-state index >= 15 is 0 Å². The maximum Gasteiger partial charge on any atom is 0.274 e. The molecule has 4 rings (SSSR count). The molecule has 0 saturated heterocycles. The van der Waals surface area contributed by atoms with Crippen LogP contribution in [0.2, 0.25) is 0 Å². The maximum absolute atomic E-state index is 12.8. The molecule has 0 aromatic carbocycles. The fourth-order valence-corrected chi connectivity index (χ4v) is 3.06. The molecule has 1 saturated carbocycles. The Balaban J connectivity index is 1.49. The summed E-state index contributed by atoms with van der Waals surface area (Å²) >= 11 is 0. The van der Waals surface area contributed by atoms with Crippen LogP contribution in [0.3, 0.4) is 0 Å². The smallest absolute Gasteiger partial charge is 0.274 e. The molecule has 3 heterocycles. The molecule has 0 radical (unpaired) electrons. The highest BCUT2D eigenvalue weighted by molar-refractivity contribution is 5.91. The third-order valence-electron chi connectivity index (χ3n) is 4.54. The zero-order valence-electron chi connectivity index (χ0n) is 13.5. The monoisotopic (exact) mass is 327 g/mol. The molecule has 2 aromatic rings. The highest BCUT2D eigenvalue weighted by Gasteiger charge is 2.28. The number of amides is 1. The van der Waals surface area contributed by atoms with E-state index in [-0.39, 0.29) is 11.8 Å². The van der Waals surface area contributed by atoms with Crippen LogP contribution in [0.5, 0.6) is 0 Å². The molecule has 1 atom stereocenters. The Morgan fingerprint density at radius 3 is 2.79 bits per heavy atom. The standard InChI is InChI=1S/C17H21N5O2/c23-17(15-7-18-3-4-19-15)22-9-14(12-24-11-13-1-2-13)8-21-6-5-20-16(21)10-22/h3-7,13-14H,1-2,8-12H2/t14-/m0/s1. The summed E-state index contributed by atoms with van der Waals surface area (Å²) in [7, 11) is 0. The highest BCUT2D eigenvalue weighted by Crippen LogP contribution is 2.29. The minimum Gasteiger partial charge on any atom is -0.381 e. The molecule has 1 aliphatic carbocycles. The van der Waals surface area contributed by atoms with Crippen LogP contribution in [0.4, 0.5) is 0 Å². The molecule has 24 heavy (non-hydrogen) atoms. The molecule has 0 N–H and O–H groups in total. The van der Waals surface area contributed by atoms with Gasteiger partial charge in [0.05, 0.1) is 19.3 Å². The predicted octanol–water partition coefficient (Wildman–Crippen LogP) is 1.37. The summed E-state index contributed by atoms with van der Waals surface area (Å²) in [5.74, 6) is 1.79. The SMILES string of the molecule is O=C(c1cnccn1)N1Cc2nccn2C[C@H](COCC2CC2)C1. The number of fused-ring (bicyclic) bond motifs is 1. The fraction of sp³-hybridized carbons (Fsp3) is 0.529. The van der Waals surface area contributed by atoms with Crippen LogP contribution in [0, 0.1) is 11.8 Å². The first kappa shape index (κ1) is 15.3. The summed E-state index contributed by atoms with van der Waals surface area (Å²) in [6, 6.07) is 0. The minimum absolute atomic E-state index is 0.105. The lowest BCUT2D eigenvalue weighted by Crippen LogP contribution is -2.36.